The number of ether oxygens (including phenoxy) is 1. The van der Waals surface area contributed by atoms with Gasteiger partial charge in [0.05, 0.1) is 12.1 Å². The molecule has 0 amide bonds. The molecular formula is C14H15NO4. The summed E-state index contributed by atoms with van der Waals surface area (Å²) in [6.07, 6.45) is 0. The van der Waals surface area contributed by atoms with Gasteiger partial charge in [0.2, 0.25) is 0 Å². The smallest absolute Gasteiger partial charge is 0.381 e. The van der Waals surface area contributed by atoms with Crippen LogP contribution in [-0.2, 0) is 16.6 Å². The molecule has 1 aromatic carbocycles. The minimum Gasteiger partial charge on any atom is -0.506 e. The Hall–Kier alpha value is -2.30. The van der Waals surface area contributed by atoms with Gasteiger partial charge in [-0.05, 0) is 25.5 Å². The summed E-state index contributed by atoms with van der Waals surface area (Å²) in [4.78, 5) is 23.6. The summed E-state index contributed by atoms with van der Waals surface area (Å²) < 4.78 is 6.26. The highest BCUT2D eigenvalue weighted by Gasteiger charge is 2.26. The van der Waals surface area contributed by atoms with Gasteiger partial charge in [-0.25, -0.2) is 4.79 Å². The normalized spacial score (nSPS) is 10.7. The van der Waals surface area contributed by atoms with E-state index in [1.54, 1.807) is 39.1 Å². The summed E-state index contributed by atoms with van der Waals surface area (Å²) in [7, 11) is 1.64. The number of phenols is 1. The molecule has 1 aromatic heterocycles. The van der Waals surface area contributed by atoms with Crippen molar-refractivity contribution < 1.29 is 19.4 Å². The van der Waals surface area contributed by atoms with Crippen molar-refractivity contribution >= 4 is 22.7 Å². The van der Waals surface area contributed by atoms with Crippen LogP contribution in [0.3, 0.4) is 0 Å². The van der Waals surface area contributed by atoms with E-state index in [0.717, 1.165) is 5.39 Å². The summed E-state index contributed by atoms with van der Waals surface area (Å²) in [6.45, 7) is 3.54. The van der Waals surface area contributed by atoms with Crippen LogP contribution in [0.1, 0.15) is 23.0 Å². The Morgan fingerprint density at radius 1 is 1.37 bits per heavy atom. The van der Waals surface area contributed by atoms with E-state index in [9.17, 15) is 14.7 Å². The number of carbonyl (C=O) groups excluding carboxylic acids is 2. The molecule has 0 spiro atoms. The third kappa shape index (κ3) is 1.97. The van der Waals surface area contributed by atoms with Crippen molar-refractivity contribution in [2.75, 3.05) is 6.61 Å². The second-order valence-electron chi connectivity index (χ2n) is 4.26. The Morgan fingerprint density at radius 2 is 2.05 bits per heavy atom. The van der Waals surface area contributed by atoms with Gasteiger partial charge in [-0.2, -0.15) is 0 Å². The molecule has 0 aliphatic carbocycles. The molecule has 0 aliphatic rings. The van der Waals surface area contributed by atoms with Crippen molar-refractivity contribution in [2.45, 2.75) is 13.8 Å². The average Bonchev–Trinajstić information content (AvgIpc) is 2.62. The third-order valence-electron chi connectivity index (χ3n) is 3.12. The van der Waals surface area contributed by atoms with Gasteiger partial charge in [-0.15, -0.1) is 0 Å². The zero-order chi connectivity index (χ0) is 14.2. The second kappa shape index (κ2) is 4.76. The van der Waals surface area contributed by atoms with Gasteiger partial charge in [0, 0.05) is 12.4 Å². The molecule has 0 saturated heterocycles. The van der Waals surface area contributed by atoms with Crippen molar-refractivity contribution in [3.63, 3.8) is 0 Å². The number of fused-ring (bicyclic) bond motifs is 1. The molecular weight excluding hydrogens is 246 g/mol. The van der Waals surface area contributed by atoms with Crippen LogP contribution in [-0.4, -0.2) is 28.0 Å². The number of aryl methyl sites for hydroxylation is 2. The fourth-order valence-electron chi connectivity index (χ4n) is 2.29. The highest BCUT2D eigenvalue weighted by Crippen LogP contribution is 2.31. The van der Waals surface area contributed by atoms with E-state index in [1.165, 1.54) is 4.57 Å². The minimum atomic E-state index is -0.879. The lowest BCUT2D eigenvalue weighted by Crippen LogP contribution is -2.20. The number of esters is 1. The Bertz CT molecular complexity index is 670. The number of aromatic nitrogens is 1. The van der Waals surface area contributed by atoms with Crippen LogP contribution in [0.15, 0.2) is 18.2 Å². The van der Waals surface area contributed by atoms with E-state index in [4.69, 9.17) is 4.74 Å². The van der Waals surface area contributed by atoms with Crippen LogP contribution in [0.25, 0.3) is 10.9 Å². The molecule has 0 saturated carbocycles. The lowest BCUT2D eigenvalue weighted by Gasteiger charge is -2.04. The molecule has 0 unspecified atom stereocenters. The number of ketones is 1. The summed E-state index contributed by atoms with van der Waals surface area (Å²) in [5.74, 6) is -1.50. The van der Waals surface area contributed by atoms with Crippen LogP contribution in [0.4, 0.5) is 0 Å². The largest absolute Gasteiger partial charge is 0.506 e. The number of carbonyl (C=O) groups is 2. The van der Waals surface area contributed by atoms with E-state index >= 15 is 0 Å². The standard InChI is InChI=1S/C14H15NO4/c1-4-19-14(18)13(17)11-8(2)9-6-5-7-10(16)12(9)15(11)3/h5-7,16H,4H2,1-3H3. The molecule has 0 bridgehead atoms. The Labute approximate surface area is 110 Å². The monoisotopic (exact) mass is 261 g/mol. The van der Waals surface area contributed by atoms with Crippen LogP contribution < -0.4 is 0 Å². The minimum absolute atomic E-state index is 0.0750. The first-order valence-electron chi connectivity index (χ1n) is 5.97. The predicted octanol–water partition coefficient (Wildman–Crippen LogP) is 1.94. The van der Waals surface area contributed by atoms with Gasteiger partial charge in [0.15, 0.2) is 0 Å². The number of benzene rings is 1. The van der Waals surface area contributed by atoms with Crippen LogP contribution >= 0.6 is 0 Å². The van der Waals surface area contributed by atoms with Gasteiger partial charge < -0.3 is 14.4 Å². The zero-order valence-corrected chi connectivity index (χ0v) is 11.1. The Balaban J connectivity index is 2.65. The molecule has 0 fully saturated rings. The SMILES string of the molecule is CCOC(=O)C(=O)c1c(C)c2cccc(O)c2n1C. The van der Waals surface area contributed by atoms with Gasteiger partial charge in [-0.3, -0.25) is 4.79 Å². The lowest BCUT2D eigenvalue weighted by atomic mass is 10.1. The molecule has 1 N–H and O–H groups in total. The predicted molar refractivity (Wildman–Crippen MR) is 70.3 cm³/mol. The molecule has 0 aliphatic heterocycles. The van der Waals surface area contributed by atoms with Crippen LogP contribution in [0.2, 0.25) is 0 Å². The highest BCUT2D eigenvalue weighted by molar-refractivity contribution is 6.41. The molecule has 1 heterocycles. The number of phenolic OH excluding ortho intramolecular Hbond substituents is 1. The molecule has 2 aromatic rings. The first-order valence-corrected chi connectivity index (χ1v) is 5.97. The number of hydrogen-bond donors (Lipinski definition) is 1. The Kier molecular flexibility index (Phi) is 3.29. The van der Waals surface area contributed by atoms with Crippen LogP contribution in [0.5, 0.6) is 5.75 Å². The van der Waals surface area contributed by atoms with Gasteiger partial charge in [0.1, 0.15) is 11.4 Å². The van der Waals surface area contributed by atoms with E-state index in [1.807, 2.05) is 0 Å². The van der Waals surface area contributed by atoms with E-state index in [2.05, 4.69) is 0 Å². The lowest BCUT2D eigenvalue weighted by molar-refractivity contribution is -0.137. The van der Waals surface area contributed by atoms with Crippen molar-refractivity contribution in [1.29, 1.82) is 0 Å². The number of hydrogen-bond acceptors (Lipinski definition) is 4. The van der Waals surface area contributed by atoms with E-state index in [0.29, 0.717) is 11.1 Å². The van der Waals surface area contributed by atoms with Crippen molar-refractivity contribution in [3.05, 3.63) is 29.5 Å². The maximum absolute atomic E-state index is 12.1. The molecule has 100 valence electrons. The number of para-hydroxylation sites is 1. The number of Topliss-reactive ketones (excluding diaryl/α,β-unsaturated/α-hetero) is 1. The first kappa shape index (κ1) is 13.1. The molecule has 2 rings (SSSR count). The van der Waals surface area contributed by atoms with Gasteiger partial charge in [0.25, 0.3) is 5.78 Å². The second-order valence-corrected chi connectivity index (χ2v) is 4.26. The van der Waals surface area contributed by atoms with Crippen molar-refractivity contribution in [2.24, 2.45) is 7.05 Å². The summed E-state index contributed by atoms with van der Waals surface area (Å²) >= 11 is 0. The maximum atomic E-state index is 12.1. The van der Waals surface area contributed by atoms with E-state index < -0.39 is 11.8 Å². The summed E-state index contributed by atoms with van der Waals surface area (Å²) in [5.41, 5.74) is 1.44. The van der Waals surface area contributed by atoms with Gasteiger partial charge >= 0.3 is 5.97 Å². The van der Waals surface area contributed by atoms with Crippen molar-refractivity contribution in [3.8, 4) is 5.75 Å². The fraction of sp³-hybridized carbons (Fsp3) is 0.286. The van der Waals surface area contributed by atoms with E-state index in [-0.39, 0.29) is 18.1 Å². The summed E-state index contributed by atoms with van der Waals surface area (Å²) in [5, 5.41) is 10.6. The van der Waals surface area contributed by atoms with Crippen LogP contribution in [0, 0.1) is 6.92 Å². The topological polar surface area (TPSA) is 68.5 Å². The molecule has 5 heteroatoms. The number of nitrogens with zero attached hydrogens (tertiary/aromatic N) is 1. The highest BCUT2D eigenvalue weighted by atomic mass is 16.5. The number of aromatic hydroxyl groups is 1. The average molecular weight is 261 g/mol. The van der Waals surface area contributed by atoms with Gasteiger partial charge in [-0.1, -0.05) is 12.1 Å². The first-order chi connectivity index (χ1) is 8.99. The molecule has 0 atom stereocenters. The molecule has 19 heavy (non-hydrogen) atoms. The number of rotatable bonds is 3. The zero-order valence-electron chi connectivity index (χ0n) is 11.1. The van der Waals surface area contributed by atoms with Crippen molar-refractivity contribution in [1.82, 2.24) is 4.57 Å². The molecule has 0 radical (unpaired) electrons. The Morgan fingerprint density at radius 3 is 2.63 bits per heavy atom. The fourth-order valence-corrected chi connectivity index (χ4v) is 2.29. The third-order valence-corrected chi connectivity index (χ3v) is 3.12. The summed E-state index contributed by atoms with van der Waals surface area (Å²) in [6, 6.07) is 5.04. The molecule has 5 nitrogen and oxygen atoms in total. The maximum Gasteiger partial charge on any atom is 0.381 e. The quantitative estimate of drug-likeness (QED) is 0.521.